The van der Waals surface area contributed by atoms with E-state index in [1.807, 2.05) is 25.3 Å². The molecule has 1 fully saturated rings. The van der Waals surface area contributed by atoms with Gasteiger partial charge in [0.25, 0.3) is 0 Å². The van der Waals surface area contributed by atoms with Gasteiger partial charge in [0.15, 0.2) is 0 Å². The number of fused-ring (bicyclic) bond motifs is 1. The van der Waals surface area contributed by atoms with Crippen LogP contribution in [0.4, 0.5) is 10.6 Å². The SMILES string of the molecule is CCNC(=O)CN1CCN(C(=O)NCc2ccc(N3CCc4ccccc4C3)nc2)CC1. The van der Waals surface area contributed by atoms with Gasteiger partial charge in [0.05, 0.1) is 6.54 Å². The van der Waals surface area contributed by atoms with Gasteiger partial charge in [0.1, 0.15) is 5.82 Å². The first-order valence-corrected chi connectivity index (χ1v) is 11.4. The van der Waals surface area contributed by atoms with E-state index < -0.39 is 0 Å². The standard InChI is InChI=1S/C24H32N6O2/c1-2-25-23(31)18-28-11-13-29(14-12-28)24(32)27-16-19-7-8-22(26-15-19)30-10-9-20-5-3-4-6-21(20)17-30/h3-8,15H,2,9-14,16-18H2,1H3,(H,25,31)(H,27,32). The minimum absolute atomic E-state index is 0.0371. The number of pyridine rings is 1. The fourth-order valence-corrected chi connectivity index (χ4v) is 4.25. The second kappa shape index (κ2) is 10.5. The highest BCUT2D eigenvalue weighted by Gasteiger charge is 2.22. The van der Waals surface area contributed by atoms with Crippen LogP contribution < -0.4 is 15.5 Å². The summed E-state index contributed by atoms with van der Waals surface area (Å²) < 4.78 is 0. The number of anilines is 1. The molecular weight excluding hydrogens is 404 g/mol. The molecule has 0 saturated carbocycles. The number of urea groups is 1. The Morgan fingerprint density at radius 3 is 2.47 bits per heavy atom. The summed E-state index contributed by atoms with van der Waals surface area (Å²) in [5, 5.41) is 5.80. The van der Waals surface area contributed by atoms with Gasteiger partial charge in [-0.2, -0.15) is 0 Å². The lowest BCUT2D eigenvalue weighted by Gasteiger charge is -2.34. The Hall–Kier alpha value is -3.13. The Bertz CT molecular complexity index is 924. The minimum atomic E-state index is -0.0700. The number of benzene rings is 1. The molecule has 2 N–H and O–H groups in total. The van der Waals surface area contributed by atoms with Gasteiger partial charge in [-0.1, -0.05) is 30.3 Å². The van der Waals surface area contributed by atoms with E-state index in [1.165, 1.54) is 11.1 Å². The molecule has 4 rings (SSSR count). The van der Waals surface area contributed by atoms with Gasteiger partial charge >= 0.3 is 6.03 Å². The molecule has 8 heteroatoms. The lowest BCUT2D eigenvalue weighted by atomic mass is 10.00. The molecule has 8 nitrogen and oxygen atoms in total. The van der Waals surface area contributed by atoms with Crippen LogP contribution in [0.1, 0.15) is 23.6 Å². The molecule has 1 aromatic heterocycles. The van der Waals surface area contributed by atoms with Crippen LogP contribution >= 0.6 is 0 Å². The second-order valence-electron chi connectivity index (χ2n) is 8.34. The lowest BCUT2D eigenvalue weighted by Crippen LogP contribution is -2.53. The molecule has 170 valence electrons. The Morgan fingerprint density at radius 1 is 0.969 bits per heavy atom. The highest BCUT2D eigenvalue weighted by atomic mass is 16.2. The summed E-state index contributed by atoms with van der Waals surface area (Å²) in [4.78, 5) is 35.1. The van der Waals surface area contributed by atoms with Crippen LogP contribution in [-0.4, -0.2) is 72.5 Å². The Kier molecular flexibility index (Phi) is 7.21. The number of rotatable bonds is 6. The lowest BCUT2D eigenvalue weighted by molar-refractivity contribution is -0.122. The molecule has 1 aromatic carbocycles. The van der Waals surface area contributed by atoms with Crippen molar-refractivity contribution in [3.05, 3.63) is 59.3 Å². The maximum absolute atomic E-state index is 12.5. The minimum Gasteiger partial charge on any atom is -0.355 e. The molecule has 2 aliphatic heterocycles. The average molecular weight is 437 g/mol. The molecule has 0 radical (unpaired) electrons. The predicted octanol–water partition coefficient (Wildman–Crippen LogP) is 1.61. The quantitative estimate of drug-likeness (QED) is 0.719. The summed E-state index contributed by atoms with van der Waals surface area (Å²) in [7, 11) is 0. The van der Waals surface area contributed by atoms with E-state index in [9.17, 15) is 9.59 Å². The van der Waals surface area contributed by atoms with Crippen molar-refractivity contribution in [2.24, 2.45) is 0 Å². The number of piperazine rings is 1. The summed E-state index contributed by atoms with van der Waals surface area (Å²) in [5.41, 5.74) is 3.77. The normalized spacial score (nSPS) is 16.4. The third-order valence-electron chi connectivity index (χ3n) is 6.11. The van der Waals surface area contributed by atoms with Gasteiger partial charge in [-0.25, -0.2) is 9.78 Å². The molecule has 0 spiro atoms. The van der Waals surface area contributed by atoms with Crippen LogP contribution in [0.3, 0.4) is 0 Å². The highest BCUT2D eigenvalue weighted by molar-refractivity contribution is 5.78. The highest BCUT2D eigenvalue weighted by Crippen LogP contribution is 2.23. The van der Waals surface area contributed by atoms with Crippen molar-refractivity contribution >= 4 is 17.8 Å². The number of nitrogens with zero attached hydrogens (tertiary/aromatic N) is 4. The van der Waals surface area contributed by atoms with Gasteiger partial charge in [-0.3, -0.25) is 9.69 Å². The smallest absolute Gasteiger partial charge is 0.317 e. The molecule has 0 unspecified atom stereocenters. The van der Waals surface area contributed by atoms with Crippen LogP contribution in [0.15, 0.2) is 42.6 Å². The Labute approximate surface area is 189 Å². The number of hydrogen-bond donors (Lipinski definition) is 2. The summed E-state index contributed by atoms with van der Waals surface area (Å²) in [6, 6.07) is 12.6. The maximum atomic E-state index is 12.5. The summed E-state index contributed by atoms with van der Waals surface area (Å²) in [5.74, 6) is 1.01. The first-order valence-electron chi connectivity index (χ1n) is 11.4. The molecule has 3 amide bonds. The number of aromatic nitrogens is 1. The zero-order chi connectivity index (χ0) is 22.3. The molecule has 0 bridgehead atoms. The van der Waals surface area contributed by atoms with E-state index >= 15 is 0 Å². The second-order valence-corrected chi connectivity index (χ2v) is 8.34. The third-order valence-corrected chi connectivity index (χ3v) is 6.11. The van der Waals surface area contributed by atoms with Crippen LogP contribution in [-0.2, 0) is 24.3 Å². The zero-order valence-corrected chi connectivity index (χ0v) is 18.7. The maximum Gasteiger partial charge on any atom is 0.317 e. The Morgan fingerprint density at radius 2 is 1.75 bits per heavy atom. The fourth-order valence-electron chi connectivity index (χ4n) is 4.25. The molecule has 3 heterocycles. The molecule has 0 aliphatic carbocycles. The zero-order valence-electron chi connectivity index (χ0n) is 18.7. The predicted molar refractivity (Wildman–Crippen MR) is 124 cm³/mol. The molecule has 2 aromatic rings. The van der Waals surface area contributed by atoms with Gasteiger partial charge in [-0.15, -0.1) is 0 Å². The summed E-state index contributed by atoms with van der Waals surface area (Å²) in [6.45, 7) is 7.91. The van der Waals surface area contributed by atoms with E-state index in [0.29, 0.717) is 45.8 Å². The Balaban J connectivity index is 1.22. The largest absolute Gasteiger partial charge is 0.355 e. The number of likely N-dealkylation sites (N-methyl/N-ethyl adjacent to an activating group) is 1. The van der Waals surface area contributed by atoms with Crippen LogP contribution in [0.5, 0.6) is 0 Å². The van der Waals surface area contributed by atoms with E-state index in [1.54, 1.807) is 4.90 Å². The number of hydrogen-bond acceptors (Lipinski definition) is 5. The van der Waals surface area contributed by atoms with Crippen molar-refractivity contribution in [1.82, 2.24) is 25.4 Å². The number of carbonyl (C=O) groups excluding carboxylic acids is 2. The van der Waals surface area contributed by atoms with E-state index in [0.717, 1.165) is 30.9 Å². The van der Waals surface area contributed by atoms with Crippen molar-refractivity contribution in [3.63, 3.8) is 0 Å². The van der Waals surface area contributed by atoms with Crippen molar-refractivity contribution < 1.29 is 9.59 Å². The van der Waals surface area contributed by atoms with E-state index in [-0.39, 0.29) is 11.9 Å². The van der Waals surface area contributed by atoms with Crippen LogP contribution in [0.25, 0.3) is 0 Å². The fraction of sp³-hybridized carbons (Fsp3) is 0.458. The first-order chi connectivity index (χ1) is 15.6. The molecule has 0 atom stereocenters. The van der Waals surface area contributed by atoms with Gasteiger partial charge in [0, 0.05) is 58.6 Å². The van der Waals surface area contributed by atoms with Gasteiger partial charge in [-0.05, 0) is 36.1 Å². The van der Waals surface area contributed by atoms with Crippen LogP contribution in [0, 0.1) is 0 Å². The monoisotopic (exact) mass is 436 g/mol. The first kappa shape index (κ1) is 22.1. The van der Waals surface area contributed by atoms with Crippen LogP contribution in [0.2, 0.25) is 0 Å². The van der Waals surface area contributed by atoms with Gasteiger partial charge < -0.3 is 20.4 Å². The number of nitrogens with one attached hydrogen (secondary N) is 2. The topological polar surface area (TPSA) is 80.8 Å². The molecule has 32 heavy (non-hydrogen) atoms. The van der Waals surface area contributed by atoms with Gasteiger partial charge in [0.2, 0.25) is 5.91 Å². The summed E-state index contributed by atoms with van der Waals surface area (Å²) >= 11 is 0. The van der Waals surface area contributed by atoms with Crippen molar-refractivity contribution in [2.75, 3.05) is 50.7 Å². The molecule has 2 aliphatic rings. The third kappa shape index (κ3) is 5.56. The number of carbonyl (C=O) groups is 2. The van der Waals surface area contributed by atoms with E-state index in [4.69, 9.17) is 0 Å². The van der Waals surface area contributed by atoms with Crippen molar-refractivity contribution in [1.29, 1.82) is 0 Å². The number of amides is 3. The average Bonchev–Trinajstić information content (AvgIpc) is 2.83. The van der Waals surface area contributed by atoms with Crippen molar-refractivity contribution in [2.45, 2.75) is 26.4 Å². The molecule has 1 saturated heterocycles. The molecular formula is C24H32N6O2. The van der Waals surface area contributed by atoms with Crippen molar-refractivity contribution in [3.8, 4) is 0 Å². The van der Waals surface area contributed by atoms with E-state index in [2.05, 4.69) is 49.7 Å². The summed E-state index contributed by atoms with van der Waals surface area (Å²) in [6.07, 6.45) is 2.88.